The van der Waals surface area contributed by atoms with Gasteiger partial charge in [0.05, 0.1) is 49.9 Å². The highest BCUT2D eigenvalue weighted by molar-refractivity contribution is 8.01. The van der Waals surface area contributed by atoms with Gasteiger partial charge in [0.2, 0.25) is 0 Å². The molecule has 2 fully saturated rings. The lowest BCUT2D eigenvalue weighted by Crippen LogP contribution is -2.52. The zero-order valence-corrected chi connectivity index (χ0v) is 47.5. The number of likely N-dealkylation sites (N-methyl/N-ethyl adjacent to an activating group) is 2. The van der Waals surface area contributed by atoms with Gasteiger partial charge in [-0.25, -0.2) is 9.59 Å². The smallest absolute Gasteiger partial charge is 0.419 e. The first-order valence-corrected chi connectivity index (χ1v) is 29.0. The highest BCUT2D eigenvalue weighted by Gasteiger charge is 2.57. The van der Waals surface area contributed by atoms with Gasteiger partial charge in [0.25, 0.3) is 21.7 Å². The van der Waals surface area contributed by atoms with Gasteiger partial charge in [-0.05, 0) is 177 Å². The Kier molecular flexibility index (Phi) is 19.3. The second-order valence-electron chi connectivity index (χ2n) is 21.0. The lowest BCUT2D eigenvalue weighted by Gasteiger charge is -2.41. The quantitative estimate of drug-likeness (QED) is 0.0419. The topological polar surface area (TPSA) is 137 Å². The summed E-state index contributed by atoms with van der Waals surface area (Å²) in [7, 11) is 10.6. The van der Waals surface area contributed by atoms with Gasteiger partial charge in [-0.2, -0.15) is 0 Å². The Labute approximate surface area is 458 Å². The number of ether oxygens (including phenoxy) is 6. The summed E-state index contributed by atoms with van der Waals surface area (Å²) in [6.07, 6.45) is 18.1. The lowest BCUT2D eigenvalue weighted by molar-refractivity contribution is -0.180. The van der Waals surface area contributed by atoms with Crippen molar-refractivity contribution in [3.63, 3.8) is 0 Å². The Morgan fingerprint density at radius 3 is 1.33 bits per heavy atom. The normalized spacial score (nSPS) is 20.1. The first-order chi connectivity index (χ1) is 36.7. The van der Waals surface area contributed by atoms with Crippen molar-refractivity contribution in [1.29, 1.82) is 0 Å². The van der Waals surface area contributed by atoms with Crippen LogP contribution in [0.25, 0.3) is 0 Å². The number of rotatable bonds is 22. The van der Waals surface area contributed by atoms with E-state index in [1.54, 1.807) is 50.5 Å². The standard InChI is InChI=1S/C60H78N4O10S2/c1-41-25-29-49-53(37-41)75-59(57(67)63(49)5,47-39-45(69-7)27-31-51(47)71-35-19-11-17-33-61(3)43-21-13-9-14-22-43)73-55(65)56(66)74-60(58(68)64(6)50-30-26-42(2)38-54(50)76-60)48-40-46(70-8)28-32-52(48)72-36-20-12-18-34-62(4)44-23-15-10-16-24-44/h25-32,37-40,43-44H,9-24,33-36H2,1-8H3. The number of benzene rings is 4. The third-order valence-corrected chi connectivity index (χ3v) is 18.2. The average Bonchev–Trinajstić information content (AvgIpc) is 3.50. The van der Waals surface area contributed by atoms with Crippen molar-refractivity contribution in [1.82, 2.24) is 9.80 Å². The summed E-state index contributed by atoms with van der Waals surface area (Å²) in [4.78, 5) is 65.0. The van der Waals surface area contributed by atoms with E-state index >= 15 is 19.2 Å². The molecule has 8 rings (SSSR count). The van der Waals surface area contributed by atoms with Crippen LogP contribution < -0.4 is 28.7 Å². The van der Waals surface area contributed by atoms with Gasteiger partial charge in [0.1, 0.15) is 23.0 Å². The van der Waals surface area contributed by atoms with Gasteiger partial charge in [0, 0.05) is 36.0 Å². The molecule has 14 nitrogen and oxygen atoms in total. The van der Waals surface area contributed by atoms with Gasteiger partial charge in [-0.3, -0.25) is 9.59 Å². The Hall–Kier alpha value is -5.42. The molecule has 76 heavy (non-hydrogen) atoms. The molecule has 0 aromatic heterocycles. The summed E-state index contributed by atoms with van der Waals surface area (Å²) in [5, 5.41) is 0. The molecule has 410 valence electrons. The van der Waals surface area contributed by atoms with Gasteiger partial charge in [0.15, 0.2) is 0 Å². The molecular formula is C60H78N4O10S2. The summed E-state index contributed by atoms with van der Waals surface area (Å²) in [5.41, 5.74) is 3.33. The number of carbonyl (C=O) groups excluding carboxylic acids is 4. The van der Waals surface area contributed by atoms with Crippen LogP contribution >= 0.6 is 23.5 Å². The predicted octanol–water partition coefficient (Wildman–Crippen LogP) is 11.6. The highest BCUT2D eigenvalue weighted by atomic mass is 32.2. The predicted molar refractivity (Wildman–Crippen MR) is 300 cm³/mol. The number of anilines is 2. The van der Waals surface area contributed by atoms with Crippen molar-refractivity contribution in [3.8, 4) is 23.0 Å². The minimum absolute atomic E-state index is 0.171. The number of thioether (sulfide) groups is 2. The Morgan fingerprint density at radius 2 is 0.947 bits per heavy atom. The summed E-state index contributed by atoms with van der Waals surface area (Å²) in [6, 6.07) is 22.6. The van der Waals surface area contributed by atoms with E-state index in [0.717, 1.165) is 86.3 Å². The van der Waals surface area contributed by atoms with Crippen LogP contribution in [0.15, 0.2) is 82.6 Å². The summed E-state index contributed by atoms with van der Waals surface area (Å²) in [6.45, 7) is 6.51. The molecule has 2 aliphatic carbocycles. The number of amides is 2. The molecule has 2 aliphatic heterocycles. The molecule has 2 unspecified atom stereocenters. The fourth-order valence-corrected chi connectivity index (χ4v) is 14.0. The van der Waals surface area contributed by atoms with E-state index < -0.39 is 33.6 Å². The van der Waals surface area contributed by atoms with Crippen molar-refractivity contribution in [2.24, 2.45) is 0 Å². The van der Waals surface area contributed by atoms with E-state index in [2.05, 4.69) is 23.9 Å². The number of carbonyl (C=O) groups is 4. The number of fused-ring (bicyclic) bond motifs is 2. The zero-order valence-electron chi connectivity index (χ0n) is 45.9. The molecule has 0 radical (unpaired) electrons. The minimum Gasteiger partial charge on any atom is -0.497 e. The number of esters is 2. The van der Waals surface area contributed by atoms with Crippen molar-refractivity contribution in [2.75, 3.05) is 78.5 Å². The molecular weight excluding hydrogens is 1000 g/mol. The minimum atomic E-state index is -2.23. The fourth-order valence-electron chi connectivity index (χ4n) is 11.0. The maximum atomic E-state index is 15.2. The largest absolute Gasteiger partial charge is 0.497 e. The van der Waals surface area contributed by atoms with Crippen molar-refractivity contribution < 1.29 is 47.6 Å². The first kappa shape index (κ1) is 56.8. The van der Waals surface area contributed by atoms with Gasteiger partial charge < -0.3 is 48.0 Å². The number of nitrogens with zero attached hydrogens (tertiary/aromatic N) is 4. The summed E-state index contributed by atoms with van der Waals surface area (Å²) >= 11 is 1.98. The highest BCUT2D eigenvalue weighted by Crippen LogP contribution is 2.56. The molecule has 4 aliphatic rings. The van der Waals surface area contributed by atoms with Crippen LogP contribution in [-0.4, -0.2) is 114 Å². The average molecular weight is 1080 g/mol. The van der Waals surface area contributed by atoms with Crippen molar-refractivity contribution >= 4 is 58.7 Å². The number of aryl methyl sites for hydroxylation is 2. The maximum Gasteiger partial charge on any atom is 0.419 e. The van der Waals surface area contributed by atoms with Crippen LogP contribution in [0, 0.1) is 13.8 Å². The van der Waals surface area contributed by atoms with E-state index in [1.807, 2.05) is 50.2 Å². The molecule has 4 aromatic rings. The van der Waals surface area contributed by atoms with Crippen LogP contribution in [0.4, 0.5) is 11.4 Å². The summed E-state index contributed by atoms with van der Waals surface area (Å²) < 4.78 is 37.3. The van der Waals surface area contributed by atoms with Crippen LogP contribution in [0.1, 0.15) is 125 Å². The van der Waals surface area contributed by atoms with Gasteiger partial charge in [-0.15, -0.1) is 0 Å². The zero-order chi connectivity index (χ0) is 54.0. The molecule has 0 bridgehead atoms. The third kappa shape index (κ3) is 12.8. The fraction of sp³-hybridized carbons (Fsp3) is 0.533. The number of unbranched alkanes of at least 4 members (excludes halogenated alkanes) is 4. The first-order valence-electron chi connectivity index (χ1n) is 27.3. The van der Waals surface area contributed by atoms with Gasteiger partial charge >= 0.3 is 11.9 Å². The van der Waals surface area contributed by atoms with Gasteiger partial charge in [-0.1, -0.05) is 74.2 Å². The van der Waals surface area contributed by atoms with E-state index in [1.165, 1.54) is 88.2 Å². The molecule has 4 aromatic carbocycles. The maximum absolute atomic E-state index is 15.2. The van der Waals surface area contributed by atoms with Crippen molar-refractivity contribution in [2.45, 2.75) is 148 Å². The second kappa shape index (κ2) is 25.8. The summed E-state index contributed by atoms with van der Waals surface area (Å²) in [5.74, 6) is -3.00. The van der Waals surface area contributed by atoms with Crippen LogP contribution in [0.5, 0.6) is 23.0 Å². The Morgan fingerprint density at radius 1 is 0.553 bits per heavy atom. The number of hydrogen-bond acceptors (Lipinski definition) is 14. The van der Waals surface area contributed by atoms with E-state index in [9.17, 15) is 0 Å². The second-order valence-corrected chi connectivity index (χ2v) is 23.4. The Bertz CT molecular complexity index is 2510. The SMILES string of the molecule is COc1ccc(OCCCCCN(C)C2CCCCC2)c(C2(OC(=O)C(=O)OC3(c4cc(OC)ccc4OCCCCCN(C)C4CCCCC4)Sc4cc(C)ccc4N(C)C3=O)Sc3cc(C)ccc3N(C)C2=O)c1. The molecule has 2 saturated carbocycles. The van der Waals surface area contributed by atoms with Crippen LogP contribution in [0.2, 0.25) is 0 Å². The monoisotopic (exact) mass is 1080 g/mol. The lowest BCUT2D eigenvalue weighted by atomic mass is 9.94. The molecule has 0 spiro atoms. The molecule has 2 heterocycles. The van der Waals surface area contributed by atoms with E-state index in [0.29, 0.717) is 58.0 Å². The molecule has 0 saturated heterocycles. The molecule has 2 atom stereocenters. The van der Waals surface area contributed by atoms with Crippen LogP contribution in [-0.2, 0) is 38.5 Å². The molecule has 16 heteroatoms. The van der Waals surface area contributed by atoms with Crippen LogP contribution in [0.3, 0.4) is 0 Å². The number of methoxy groups -OCH3 is 2. The Balaban J connectivity index is 1.09. The third-order valence-electron chi connectivity index (χ3n) is 15.6. The van der Waals surface area contributed by atoms with Crippen molar-refractivity contribution in [3.05, 3.63) is 95.1 Å². The number of hydrogen-bond donors (Lipinski definition) is 0. The molecule has 2 amide bonds. The molecule has 0 N–H and O–H groups in total. The van der Waals surface area contributed by atoms with E-state index in [4.69, 9.17) is 28.4 Å². The van der Waals surface area contributed by atoms with E-state index in [-0.39, 0.29) is 22.6 Å².